The van der Waals surface area contributed by atoms with Crippen LogP contribution in [0, 0.1) is 27.7 Å². The van der Waals surface area contributed by atoms with Gasteiger partial charge in [-0.15, -0.1) is 0 Å². The predicted octanol–water partition coefficient (Wildman–Crippen LogP) is 4.24. The van der Waals surface area contributed by atoms with Crippen LogP contribution in [0.4, 0.5) is 0 Å². The van der Waals surface area contributed by atoms with Gasteiger partial charge in [-0.3, -0.25) is 4.79 Å². The highest BCUT2D eigenvalue weighted by atomic mass is 16.6. The number of carbonyl (C=O) groups is 1. The van der Waals surface area contributed by atoms with E-state index in [0.717, 1.165) is 27.8 Å². The fourth-order valence-electron chi connectivity index (χ4n) is 3.46. The number of rotatable bonds is 1. The molecule has 23 heavy (non-hydrogen) atoms. The molecule has 2 atom stereocenters. The molecule has 0 unspecified atom stereocenters. The summed E-state index contributed by atoms with van der Waals surface area (Å²) in [5, 5.41) is 10.8. The number of hydrogen-bond acceptors (Lipinski definition) is 3. The lowest BCUT2D eigenvalue weighted by atomic mass is 9.76. The highest BCUT2D eigenvalue weighted by Crippen LogP contribution is 2.49. The van der Waals surface area contributed by atoms with E-state index in [4.69, 9.17) is 4.74 Å². The Bertz CT molecular complexity index is 805. The zero-order valence-electron chi connectivity index (χ0n) is 14.2. The molecule has 120 valence electrons. The molecule has 0 amide bonds. The van der Waals surface area contributed by atoms with Gasteiger partial charge in [0.25, 0.3) is 0 Å². The summed E-state index contributed by atoms with van der Waals surface area (Å²) in [6, 6.07) is 7.95. The van der Waals surface area contributed by atoms with E-state index in [1.807, 2.05) is 24.3 Å². The molecule has 3 nitrogen and oxygen atoms in total. The Kier molecular flexibility index (Phi) is 3.77. The zero-order valence-corrected chi connectivity index (χ0v) is 14.2. The molecule has 0 radical (unpaired) electrons. The Morgan fingerprint density at radius 3 is 1.91 bits per heavy atom. The molecule has 0 heterocycles. The van der Waals surface area contributed by atoms with Crippen molar-refractivity contribution in [3.8, 4) is 11.1 Å². The molecule has 3 heteroatoms. The van der Waals surface area contributed by atoms with Crippen LogP contribution in [0.2, 0.25) is 0 Å². The average molecular weight is 310 g/mol. The van der Waals surface area contributed by atoms with Crippen molar-refractivity contribution in [2.24, 2.45) is 0 Å². The summed E-state index contributed by atoms with van der Waals surface area (Å²) in [7, 11) is 0. The summed E-state index contributed by atoms with van der Waals surface area (Å²) in [6.45, 7) is 9.70. The monoisotopic (exact) mass is 310 g/mol. The van der Waals surface area contributed by atoms with E-state index < -0.39 is 12.2 Å². The second-order valence-electron chi connectivity index (χ2n) is 6.42. The third kappa shape index (κ3) is 2.36. The first-order valence-corrected chi connectivity index (χ1v) is 7.88. The molecule has 2 aromatic carbocycles. The highest BCUT2D eigenvalue weighted by molar-refractivity contribution is 5.82. The largest absolute Gasteiger partial charge is 0.454 e. The molecular formula is C20H22O3. The van der Waals surface area contributed by atoms with Crippen LogP contribution in [0.25, 0.3) is 11.1 Å². The Labute approximate surface area is 136 Å². The van der Waals surface area contributed by atoms with Gasteiger partial charge >= 0.3 is 5.97 Å². The van der Waals surface area contributed by atoms with Crippen molar-refractivity contribution in [3.63, 3.8) is 0 Å². The standard InChI is InChI=1S/C20H22O3/c1-10-6-8-15-17(12(10)3)18-13(4)11(2)7-9-16(18)20(19(15)22)23-14(5)21/h6-9,19-20,22H,1-5H3/t19-,20-/m0/s1. The lowest BCUT2D eigenvalue weighted by molar-refractivity contribution is -0.153. The fourth-order valence-corrected chi connectivity index (χ4v) is 3.46. The highest BCUT2D eigenvalue weighted by Gasteiger charge is 2.36. The van der Waals surface area contributed by atoms with Gasteiger partial charge in [-0.2, -0.15) is 0 Å². The summed E-state index contributed by atoms with van der Waals surface area (Å²) < 4.78 is 5.46. The van der Waals surface area contributed by atoms with Crippen LogP contribution in [0.15, 0.2) is 24.3 Å². The first kappa shape index (κ1) is 15.8. The van der Waals surface area contributed by atoms with E-state index in [1.165, 1.54) is 23.6 Å². The van der Waals surface area contributed by atoms with Gasteiger partial charge < -0.3 is 9.84 Å². The molecular weight excluding hydrogens is 288 g/mol. The molecule has 0 saturated heterocycles. The molecule has 3 rings (SSSR count). The lowest BCUT2D eigenvalue weighted by Gasteiger charge is -2.34. The SMILES string of the molecule is CC(=O)O[C@H]1c2ccc(C)c(C)c2-c2c(ccc(C)c2C)[C@@H]1O. The number of carbonyl (C=O) groups excluding carboxylic acids is 1. The lowest BCUT2D eigenvalue weighted by Crippen LogP contribution is -2.23. The van der Waals surface area contributed by atoms with E-state index in [9.17, 15) is 9.90 Å². The summed E-state index contributed by atoms with van der Waals surface area (Å²) in [6.07, 6.45) is -1.50. The number of ether oxygens (including phenoxy) is 1. The summed E-state index contributed by atoms with van der Waals surface area (Å²) in [4.78, 5) is 11.5. The summed E-state index contributed by atoms with van der Waals surface area (Å²) in [5.74, 6) is -0.384. The van der Waals surface area contributed by atoms with Crippen molar-refractivity contribution < 1.29 is 14.6 Å². The maximum absolute atomic E-state index is 11.5. The van der Waals surface area contributed by atoms with Gasteiger partial charge in [0, 0.05) is 12.5 Å². The number of esters is 1. The van der Waals surface area contributed by atoms with Crippen molar-refractivity contribution in [2.45, 2.75) is 46.8 Å². The Balaban J connectivity index is 2.37. The number of aliphatic hydroxyl groups is 1. The second kappa shape index (κ2) is 5.50. The van der Waals surface area contributed by atoms with Crippen molar-refractivity contribution >= 4 is 5.97 Å². The summed E-state index contributed by atoms with van der Waals surface area (Å²) in [5.41, 5.74) is 8.61. The number of fused-ring (bicyclic) bond motifs is 3. The van der Waals surface area contributed by atoms with Gasteiger partial charge in [-0.1, -0.05) is 24.3 Å². The molecule has 1 aliphatic carbocycles. The normalized spacial score (nSPS) is 19.0. The van der Waals surface area contributed by atoms with Crippen molar-refractivity contribution in [2.75, 3.05) is 0 Å². The fraction of sp³-hybridized carbons (Fsp3) is 0.350. The van der Waals surface area contributed by atoms with Crippen LogP contribution in [0.5, 0.6) is 0 Å². The van der Waals surface area contributed by atoms with Crippen molar-refractivity contribution in [1.82, 2.24) is 0 Å². The molecule has 0 spiro atoms. The molecule has 0 saturated carbocycles. The van der Waals surface area contributed by atoms with E-state index in [-0.39, 0.29) is 5.97 Å². The number of benzene rings is 2. The zero-order chi connectivity index (χ0) is 16.9. The quantitative estimate of drug-likeness (QED) is 0.801. The van der Waals surface area contributed by atoms with Crippen molar-refractivity contribution in [3.05, 3.63) is 57.6 Å². The molecule has 0 fully saturated rings. The van der Waals surface area contributed by atoms with Crippen molar-refractivity contribution in [1.29, 1.82) is 0 Å². The number of aryl methyl sites for hydroxylation is 2. The Morgan fingerprint density at radius 1 is 0.913 bits per heavy atom. The third-order valence-corrected chi connectivity index (χ3v) is 4.99. The molecule has 1 N–H and O–H groups in total. The van der Waals surface area contributed by atoms with Crippen LogP contribution in [-0.4, -0.2) is 11.1 Å². The van der Waals surface area contributed by atoms with E-state index in [0.29, 0.717) is 0 Å². The maximum atomic E-state index is 11.5. The topological polar surface area (TPSA) is 46.5 Å². The van der Waals surface area contributed by atoms with Crippen LogP contribution in [0.1, 0.15) is 52.5 Å². The minimum atomic E-state index is -0.845. The molecule has 2 aromatic rings. The van der Waals surface area contributed by atoms with Gasteiger partial charge in [0.15, 0.2) is 6.10 Å². The summed E-state index contributed by atoms with van der Waals surface area (Å²) >= 11 is 0. The molecule has 1 aliphatic rings. The van der Waals surface area contributed by atoms with E-state index in [2.05, 4.69) is 27.7 Å². The average Bonchev–Trinajstić information content (AvgIpc) is 2.49. The van der Waals surface area contributed by atoms with Crippen LogP contribution >= 0.6 is 0 Å². The van der Waals surface area contributed by atoms with Crippen LogP contribution in [-0.2, 0) is 9.53 Å². The van der Waals surface area contributed by atoms with Gasteiger partial charge in [-0.05, 0) is 66.6 Å². The van der Waals surface area contributed by atoms with E-state index in [1.54, 1.807) is 0 Å². The third-order valence-electron chi connectivity index (χ3n) is 4.99. The smallest absolute Gasteiger partial charge is 0.303 e. The minimum Gasteiger partial charge on any atom is -0.454 e. The van der Waals surface area contributed by atoms with Gasteiger partial charge in [0.05, 0.1) is 0 Å². The van der Waals surface area contributed by atoms with Gasteiger partial charge in [-0.25, -0.2) is 0 Å². The Morgan fingerprint density at radius 2 is 1.39 bits per heavy atom. The molecule has 0 aliphatic heterocycles. The minimum absolute atomic E-state index is 0.384. The van der Waals surface area contributed by atoms with Gasteiger partial charge in [0.2, 0.25) is 0 Å². The first-order chi connectivity index (χ1) is 10.8. The van der Waals surface area contributed by atoms with E-state index >= 15 is 0 Å². The molecule has 0 bridgehead atoms. The number of hydrogen-bond donors (Lipinski definition) is 1. The maximum Gasteiger partial charge on any atom is 0.303 e. The predicted molar refractivity (Wildman–Crippen MR) is 90.3 cm³/mol. The van der Waals surface area contributed by atoms with Crippen LogP contribution in [0.3, 0.4) is 0 Å². The second-order valence-corrected chi connectivity index (χ2v) is 6.42. The first-order valence-electron chi connectivity index (χ1n) is 7.88. The number of aliphatic hydroxyl groups excluding tert-OH is 1. The van der Waals surface area contributed by atoms with Gasteiger partial charge in [0.1, 0.15) is 6.10 Å². The van der Waals surface area contributed by atoms with Crippen LogP contribution < -0.4 is 0 Å². The molecule has 0 aromatic heterocycles. The Hall–Kier alpha value is -2.13.